The summed E-state index contributed by atoms with van der Waals surface area (Å²) in [4.78, 5) is 0. The van der Waals surface area contributed by atoms with Crippen LogP contribution in [-0.2, 0) is 6.54 Å². The van der Waals surface area contributed by atoms with Crippen LogP contribution in [0.25, 0.3) is 10.9 Å². The number of aromatic nitrogens is 2. The summed E-state index contributed by atoms with van der Waals surface area (Å²) >= 11 is 0. The maximum Gasteiger partial charge on any atom is 0.149 e. The minimum atomic E-state index is -0.249. The number of hydrogen-bond donors (Lipinski definition) is 1. The average Bonchev–Trinajstić information content (AvgIpc) is 2.49. The molecular weight excluding hydrogens is 181 g/mol. The minimum Gasteiger partial charge on any atom is -0.326 e. The Balaban J connectivity index is 2.55. The van der Waals surface area contributed by atoms with Crippen molar-refractivity contribution in [2.45, 2.75) is 19.5 Å². The van der Waals surface area contributed by atoms with Crippen LogP contribution in [0.5, 0.6) is 0 Å². The van der Waals surface area contributed by atoms with Gasteiger partial charge in [0.25, 0.3) is 0 Å². The predicted molar refractivity (Wildman–Crippen MR) is 53.3 cm³/mol. The zero-order valence-electron chi connectivity index (χ0n) is 7.94. The summed E-state index contributed by atoms with van der Waals surface area (Å²) in [7, 11) is 0. The maximum absolute atomic E-state index is 13.4. The van der Waals surface area contributed by atoms with Gasteiger partial charge >= 0.3 is 0 Å². The number of hydrogen-bond acceptors (Lipinski definition) is 2. The van der Waals surface area contributed by atoms with Gasteiger partial charge in [-0.2, -0.15) is 5.10 Å². The SMILES string of the molecule is C[C@H](N)Cn1ncc2cccc(F)c21. The lowest BCUT2D eigenvalue weighted by molar-refractivity contribution is 0.540. The quantitative estimate of drug-likeness (QED) is 0.785. The second-order valence-corrected chi connectivity index (χ2v) is 3.48. The van der Waals surface area contributed by atoms with E-state index in [1.165, 1.54) is 6.07 Å². The van der Waals surface area contributed by atoms with Crippen molar-refractivity contribution in [1.29, 1.82) is 0 Å². The third-order valence-corrected chi connectivity index (χ3v) is 2.07. The smallest absolute Gasteiger partial charge is 0.149 e. The molecule has 14 heavy (non-hydrogen) atoms. The number of rotatable bonds is 2. The summed E-state index contributed by atoms with van der Waals surface area (Å²) in [6.45, 7) is 2.40. The Bertz CT molecular complexity index is 448. The molecule has 0 aliphatic heterocycles. The topological polar surface area (TPSA) is 43.8 Å². The number of benzene rings is 1. The van der Waals surface area contributed by atoms with E-state index in [-0.39, 0.29) is 11.9 Å². The molecule has 0 bridgehead atoms. The highest BCUT2D eigenvalue weighted by Gasteiger charge is 2.08. The van der Waals surface area contributed by atoms with Crippen molar-refractivity contribution in [2.24, 2.45) is 5.73 Å². The summed E-state index contributed by atoms with van der Waals surface area (Å²) in [6, 6.07) is 4.91. The molecule has 0 spiro atoms. The zero-order chi connectivity index (χ0) is 10.1. The fourth-order valence-electron chi connectivity index (χ4n) is 1.51. The van der Waals surface area contributed by atoms with E-state index in [2.05, 4.69) is 5.10 Å². The molecule has 1 heterocycles. The van der Waals surface area contributed by atoms with E-state index in [1.54, 1.807) is 16.9 Å². The molecule has 0 saturated heterocycles. The second kappa shape index (κ2) is 3.38. The largest absolute Gasteiger partial charge is 0.326 e. The molecular formula is C10H12FN3. The van der Waals surface area contributed by atoms with E-state index in [9.17, 15) is 4.39 Å². The Hall–Kier alpha value is -1.42. The first-order valence-corrected chi connectivity index (χ1v) is 4.54. The van der Waals surface area contributed by atoms with E-state index >= 15 is 0 Å². The van der Waals surface area contributed by atoms with Crippen molar-refractivity contribution >= 4 is 10.9 Å². The molecule has 0 saturated carbocycles. The first-order valence-electron chi connectivity index (χ1n) is 4.54. The predicted octanol–water partition coefficient (Wildman–Crippen LogP) is 1.52. The highest BCUT2D eigenvalue weighted by atomic mass is 19.1. The standard InChI is InChI=1S/C10H12FN3/c1-7(12)6-14-10-8(5-13-14)3-2-4-9(10)11/h2-5,7H,6,12H2,1H3/t7-/m0/s1. The first-order chi connectivity index (χ1) is 6.68. The van der Waals surface area contributed by atoms with Gasteiger partial charge in [0.15, 0.2) is 0 Å². The van der Waals surface area contributed by atoms with Crippen molar-refractivity contribution in [3.8, 4) is 0 Å². The van der Waals surface area contributed by atoms with E-state index in [0.717, 1.165) is 5.39 Å². The second-order valence-electron chi connectivity index (χ2n) is 3.48. The van der Waals surface area contributed by atoms with Crippen molar-refractivity contribution < 1.29 is 4.39 Å². The maximum atomic E-state index is 13.4. The number of nitrogens with zero attached hydrogens (tertiary/aromatic N) is 2. The van der Waals surface area contributed by atoms with Crippen molar-refractivity contribution in [3.63, 3.8) is 0 Å². The van der Waals surface area contributed by atoms with Gasteiger partial charge in [-0.15, -0.1) is 0 Å². The van der Waals surface area contributed by atoms with Gasteiger partial charge < -0.3 is 5.73 Å². The van der Waals surface area contributed by atoms with Gasteiger partial charge in [-0.05, 0) is 13.0 Å². The van der Waals surface area contributed by atoms with Gasteiger partial charge in [-0.3, -0.25) is 4.68 Å². The Labute approximate surface area is 81.3 Å². The van der Waals surface area contributed by atoms with Gasteiger partial charge in [-0.1, -0.05) is 12.1 Å². The first kappa shape index (κ1) is 9.15. The molecule has 0 amide bonds. The van der Waals surface area contributed by atoms with Crippen LogP contribution < -0.4 is 5.73 Å². The summed E-state index contributed by atoms with van der Waals surface area (Å²) in [5.74, 6) is -0.249. The fourth-order valence-corrected chi connectivity index (χ4v) is 1.51. The van der Waals surface area contributed by atoms with Crippen LogP contribution in [0, 0.1) is 5.82 Å². The lowest BCUT2D eigenvalue weighted by Gasteiger charge is -2.06. The van der Waals surface area contributed by atoms with E-state index < -0.39 is 0 Å². The Kier molecular flexibility index (Phi) is 2.21. The molecule has 0 aliphatic rings. The highest BCUT2D eigenvalue weighted by molar-refractivity contribution is 5.79. The van der Waals surface area contributed by atoms with Crippen LogP contribution >= 0.6 is 0 Å². The molecule has 74 valence electrons. The van der Waals surface area contributed by atoms with Crippen LogP contribution in [0.4, 0.5) is 4.39 Å². The zero-order valence-corrected chi connectivity index (χ0v) is 7.94. The molecule has 2 aromatic rings. The number of nitrogens with two attached hydrogens (primary N) is 1. The third-order valence-electron chi connectivity index (χ3n) is 2.07. The summed E-state index contributed by atoms with van der Waals surface area (Å²) in [6.07, 6.45) is 1.65. The molecule has 0 fully saturated rings. The van der Waals surface area contributed by atoms with Gasteiger partial charge in [0, 0.05) is 11.4 Å². The van der Waals surface area contributed by atoms with Crippen LogP contribution in [-0.4, -0.2) is 15.8 Å². The van der Waals surface area contributed by atoms with Gasteiger partial charge in [0.1, 0.15) is 11.3 Å². The van der Waals surface area contributed by atoms with Gasteiger partial charge in [0.2, 0.25) is 0 Å². The molecule has 0 unspecified atom stereocenters. The molecule has 0 radical (unpaired) electrons. The minimum absolute atomic E-state index is 0.0299. The van der Waals surface area contributed by atoms with Crippen molar-refractivity contribution in [2.75, 3.05) is 0 Å². The van der Waals surface area contributed by atoms with Gasteiger partial charge in [0.05, 0.1) is 12.7 Å². The number of halogens is 1. The third kappa shape index (κ3) is 1.48. The molecule has 1 aromatic heterocycles. The molecule has 1 atom stereocenters. The summed E-state index contributed by atoms with van der Waals surface area (Å²) in [5.41, 5.74) is 6.17. The lowest BCUT2D eigenvalue weighted by atomic mass is 10.2. The number of fused-ring (bicyclic) bond motifs is 1. The molecule has 0 aliphatic carbocycles. The molecule has 2 rings (SSSR count). The molecule has 4 heteroatoms. The lowest BCUT2D eigenvalue weighted by Crippen LogP contribution is -2.22. The molecule has 2 N–H and O–H groups in total. The Morgan fingerprint density at radius 1 is 1.57 bits per heavy atom. The van der Waals surface area contributed by atoms with Crippen LogP contribution in [0.15, 0.2) is 24.4 Å². The van der Waals surface area contributed by atoms with Crippen LogP contribution in [0.3, 0.4) is 0 Å². The average molecular weight is 193 g/mol. The van der Waals surface area contributed by atoms with E-state index in [4.69, 9.17) is 5.73 Å². The molecule has 1 aromatic carbocycles. The summed E-state index contributed by atoms with van der Waals surface area (Å²) in [5, 5.41) is 4.90. The van der Waals surface area contributed by atoms with Gasteiger partial charge in [-0.25, -0.2) is 4.39 Å². The van der Waals surface area contributed by atoms with Crippen molar-refractivity contribution in [3.05, 3.63) is 30.2 Å². The molecule has 3 nitrogen and oxygen atoms in total. The van der Waals surface area contributed by atoms with E-state index in [1.807, 2.05) is 13.0 Å². The van der Waals surface area contributed by atoms with Crippen LogP contribution in [0.2, 0.25) is 0 Å². The highest BCUT2D eigenvalue weighted by Crippen LogP contribution is 2.16. The fraction of sp³-hybridized carbons (Fsp3) is 0.300. The summed E-state index contributed by atoms with van der Waals surface area (Å²) < 4.78 is 15.0. The van der Waals surface area contributed by atoms with E-state index in [0.29, 0.717) is 12.1 Å². The number of para-hydroxylation sites is 1. The monoisotopic (exact) mass is 193 g/mol. The Morgan fingerprint density at radius 3 is 3.07 bits per heavy atom. The Morgan fingerprint density at radius 2 is 2.36 bits per heavy atom. The van der Waals surface area contributed by atoms with Crippen molar-refractivity contribution in [1.82, 2.24) is 9.78 Å². The normalized spacial score (nSPS) is 13.4. The van der Waals surface area contributed by atoms with Crippen LogP contribution in [0.1, 0.15) is 6.92 Å².